The number of hydrogen-bond donors (Lipinski definition) is 1. The van der Waals surface area contributed by atoms with Crippen molar-refractivity contribution in [3.8, 4) is 0 Å². The van der Waals surface area contributed by atoms with Gasteiger partial charge in [-0.15, -0.1) is 0 Å². The van der Waals surface area contributed by atoms with Crippen LogP contribution in [0.25, 0.3) is 0 Å². The molecule has 126 valence electrons. The summed E-state index contributed by atoms with van der Waals surface area (Å²) < 4.78 is 11.1. The van der Waals surface area contributed by atoms with Crippen LogP contribution in [0.2, 0.25) is 0 Å². The second kappa shape index (κ2) is 8.04. The fraction of sp³-hybridized carbons (Fsp3) is 0.875. The van der Waals surface area contributed by atoms with Gasteiger partial charge in [-0.2, -0.15) is 4.98 Å². The first kappa shape index (κ1) is 17.4. The van der Waals surface area contributed by atoms with Crippen LogP contribution in [0.15, 0.2) is 4.52 Å². The highest BCUT2D eigenvalue weighted by Gasteiger charge is 2.28. The minimum absolute atomic E-state index is 0.159. The Balaban J connectivity index is 1.93. The molecule has 0 saturated carbocycles. The maximum atomic E-state index is 9.91. The highest BCUT2D eigenvalue weighted by atomic mass is 16.5. The molecular formula is C16H29N3O3. The van der Waals surface area contributed by atoms with E-state index in [0.29, 0.717) is 30.8 Å². The van der Waals surface area contributed by atoms with Gasteiger partial charge >= 0.3 is 0 Å². The fourth-order valence-corrected chi connectivity index (χ4v) is 2.84. The van der Waals surface area contributed by atoms with Crippen LogP contribution in [0, 0.1) is 5.92 Å². The predicted molar refractivity (Wildman–Crippen MR) is 83.2 cm³/mol. The Labute approximate surface area is 132 Å². The third-order valence-electron chi connectivity index (χ3n) is 4.09. The lowest BCUT2D eigenvalue weighted by Gasteiger charge is -2.36. The number of rotatable bonds is 7. The standard InChI is InChI=1S/C16H29N3O3/c1-11(2)10-21-13(4)16-17-15(22-18-16)9-19-8-6-5-7-14(19)12(3)20/h11-14,20H,5-10H2,1-4H3/t12-,13-,14+/m1/s1. The van der Waals surface area contributed by atoms with Crippen LogP contribution in [-0.2, 0) is 11.3 Å². The molecule has 1 fully saturated rings. The summed E-state index contributed by atoms with van der Waals surface area (Å²) >= 11 is 0. The van der Waals surface area contributed by atoms with Crippen LogP contribution < -0.4 is 0 Å². The zero-order chi connectivity index (χ0) is 16.1. The Morgan fingerprint density at radius 1 is 1.32 bits per heavy atom. The predicted octanol–water partition coefficient (Wildman–Crippen LogP) is 2.54. The van der Waals surface area contributed by atoms with Crippen molar-refractivity contribution < 1.29 is 14.4 Å². The largest absolute Gasteiger partial charge is 0.392 e. The summed E-state index contributed by atoms with van der Waals surface area (Å²) in [6.45, 7) is 10.3. The molecule has 1 aliphatic heterocycles. The van der Waals surface area contributed by atoms with Crippen LogP contribution in [0.3, 0.4) is 0 Å². The second-order valence-corrected chi connectivity index (χ2v) is 6.69. The van der Waals surface area contributed by atoms with Crippen molar-refractivity contribution in [2.75, 3.05) is 13.2 Å². The van der Waals surface area contributed by atoms with Crippen molar-refractivity contribution in [1.82, 2.24) is 15.0 Å². The molecule has 3 atom stereocenters. The van der Waals surface area contributed by atoms with Gasteiger partial charge in [0.2, 0.25) is 5.89 Å². The highest BCUT2D eigenvalue weighted by Crippen LogP contribution is 2.22. The van der Waals surface area contributed by atoms with E-state index >= 15 is 0 Å². The van der Waals surface area contributed by atoms with E-state index in [4.69, 9.17) is 9.26 Å². The molecule has 0 unspecified atom stereocenters. The summed E-state index contributed by atoms with van der Waals surface area (Å²) in [5.41, 5.74) is 0. The summed E-state index contributed by atoms with van der Waals surface area (Å²) in [5.74, 6) is 1.68. The van der Waals surface area contributed by atoms with E-state index in [2.05, 4.69) is 28.9 Å². The Hall–Kier alpha value is -0.980. The van der Waals surface area contributed by atoms with Gasteiger partial charge in [0.15, 0.2) is 5.82 Å². The molecular weight excluding hydrogens is 282 g/mol. The molecule has 1 saturated heterocycles. The zero-order valence-corrected chi connectivity index (χ0v) is 14.2. The van der Waals surface area contributed by atoms with Gasteiger partial charge in [-0.1, -0.05) is 25.4 Å². The molecule has 1 N–H and O–H groups in total. The quantitative estimate of drug-likeness (QED) is 0.834. The lowest BCUT2D eigenvalue weighted by molar-refractivity contribution is 0.0260. The number of aliphatic hydroxyl groups excluding tert-OH is 1. The zero-order valence-electron chi connectivity index (χ0n) is 14.2. The van der Waals surface area contributed by atoms with Gasteiger partial charge in [0, 0.05) is 12.6 Å². The normalized spacial score (nSPS) is 22.9. The van der Waals surface area contributed by atoms with Gasteiger partial charge in [0.25, 0.3) is 0 Å². The second-order valence-electron chi connectivity index (χ2n) is 6.69. The van der Waals surface area contributed by atoms with Crippen molar-refractivity contribution in [3.05, 3.63) is 11.7 Å². The van der Waals surface area contributed by atoms with E-state index in [1.54, 1.807) is 0 Å². The van der Waals surface area contributed by atoms with E-state index < -0.39 is 0 Å². The summed E-state index contributed by atoms with van der Waals surface area (Å²) in [7, 11) is 0. The Bertz CT molecular complexity index is 448. The molecule has 6 heteroatoms. The third kappa shape index (κ3) is 4.76. The van der Waals surface area contributed by atoms with Crippen LogP contribution in [0.1, 0.15) is 64.8 Å². The van der Waals surface area contributed by atoms with Crippen LogP contribution >= 0.6 is 0 Å². The number of likely N-dealkylation sites (tertiary alicyclic amines) is 1. The smallest absolute Gasteiger partial charge is 0.240 e. The third-order valence-corrected chi connectivity index (χ3v) is 4.09. The van der Waals surface area contributed by atoms with E-state index in [1.807, 2.05) is 13.8 Å². The Kier molecular flexibility index (Phi) is 6.35. The first-order valence-electron chi connectivity index (χ1n) is 8.33. The first-order valence-corrected chi connectivity index (χ1v) is 8.33. The number of ether oxygens (including phenoxy) is 1. The van der Waals surface area contributed by atoms with Crippen molar-refractivity contribution in [2.45, 2.75) is 71.8 Å². The van der Waals surface area contributed by atoms with Gasteiger partial charge in [-0.25, -0.2) is 0 Å². The minimum atomic E-state index is -0.337. The number of aromatic nitrogens is 2. The lowest BCUT2D eigenvalue weighted by Crippen LogP contribution is -2.45. The average Bonchev–Trinajstić information content (AvgIpc) is 2.93. The lowest BCUT2D eigenvalue weighted by atomic mass is 9.98. The molecule has 6 nitrogen and oxygen atoms in total. The molecule has 0 aromatic carbocycles. The first-order chi connectivity index (χ1) is 10.5. The van der Waals surface area contributed by atoms with Gasteiger partial charge in [-0.05, 0) is 39.2 Å². The SMILES string of the molecule is CC(C)CO[C@H](C)c1noc(CN2CCCC[C@H]2[C@@H](C)O)n1. The van der Waals surface area contributed by atoms with E-state index in [0.717, 1.165) is 19.4 Å². The Morgan fingerprint density at radius 2 is 2.09 bits per heavy atom. The van der Waals surface area contributed by atoms with Gasteiger partial charge in [0.1, 0.15) is 6.10 Å². The number of nitrogens with zero attached hydrogens (tertiary/aromatic N) is 3. The van der Waals surface area contributed by atoms with Crippen LogP contribution in [0.4, 0.5) is 0 Å². The van der Waals surface area contributed by atoms with E-state index in [-0.39, 0.29) is 18.2 Å². The maximum Gasteiger partial charge on any atom is 0.240 e. The van der Waals surface area contributed by atoms with Gasteiger partial charge in [0.05, 0.1) is 12.6 Å². The summed E-state index contributed by atoms with van der Waals surface area (Å²) in [5, 5.41) is 13.9. The van der Waals surface area contributed by atoms with Crippen LogP contribution in [0.5, 0.6) is 0 Å². The van der Waals surface area contributed by atoms with Gasteiger partial charge < -0.3 is 14.4 Å². The number of hydrogen-bond acceptors (Lipinski definition) is 6. The molecule has 2 rings (SSSR count). The van der Waals surface area contributed by atoms with E-state index in [9.17, 15) is 5.11 Å². The molecule has 0 bridgehead atoms. The molecule has 1 aliphatic rings. The molecule has 0 aliphatic carbocycles. The van der Waals surface area contributed by atoms with Crippen molar-refractivity contribution in [2.24, 2.45) is 5.92 Å². The van der Waals surface area contributed by atoms with Crippen molar-refractivity contribution >= 4 is 0 Å². The Morgan fingerprint density at radius 3 is 2.77 bits per heavy atom. The molecule has 2 heterocycles. The monoisotopic (exact) mass is 311 g/mol. The summed E-state index contributed by atoms with van der Waals surface area (Å²) in [6.07, 6.45) is 2.84. The average molecular weight is 311 g/mol. The highest BCUT2D eigenvalue weighted by molar-refractivity contribution is 4.92. The van der Waals surface area contributed by atoms with E-state index in [1.165, 1.54) is 6.42 Å². The molecule has 1 aromatic rings. The van der Waals surface area contributed by atoms with Crippen molar-refractivity contribution in [1.29, 1.82) is 0 Å². The topological polar surface area (TPSA) is 71.6 Å². The molecule has 0 spiro atoms. The molecule has 0 radical (unpaired) electrons. The summed E-state index contributed by atoms with van der Waals surface area (Å²) in [6, 6.07) is 0.179. The summed E-state index contributed by atoms with van der Waals surface area (Å²) in [4.78, 5) is 6.69. The van der Waals surface area contributed by atoms with Crippen LogP contribution in [-0.4, -0.2) is 45.4 Å². The number of aliphatic hydroxyl groups is 1. The number of piperidine rings is 1. The minimum Gasteiger partial charge on any atom is -0.392 e. The molecule has 0 amide bonds. The fourth-order valence-electron chi connectivity index (χ4n) is 2.84. The molecule has 22 heavy (non-hydrogen) atoms. The van der Waals surface area contributed by atoms with Gasteiger partial charge in [-0.3, -0.25) is 4.90 Å². The van der Waals surface area contributed by atoms with Crippen molar-refractivity contribution in [3.63, 3.8) is 0 Å². The maximum absolute atomic E-state index is 9.91. The molecule has 1 aromatic heterocycles.